The average Bonchev–Trinajstić information content (AvgIpc) is 3.30. The summed E-state index contributed by atoms with van der Waals surface area (Å²) in [4.78, 5) is 86.4. The molecule has 20 heteroatoms. The van der Waals surface area contributed by atoms with E-state index in [1.807, 2.05) is 0 Å². The number of ketones is 2. The molecule has 7 rings (SSSR count). The molecule has 20 nitrogen and oxygen atoms in total. The van der Waals surface area contributed by atoms with Crippen LogP contribution in [-0.2, 0) is 9.59 Å². The summed E-state index contributed by atoms with van der Waals surface area (Å²) in [5.41, 5.74) is 2.53. The molecule has 0 aliphatic rings. The van der Waals surface area contributed by atoms with Crippen LogP contribution in [0.25, 0.3) is 66.8 Å². The highest BCUT2D eigenvalue weighted by atomic mass is 16.6. The van der Waals surface area contributed by atoms with Crippen molar-refractivity contribution in [2.24, 2.45) is 0 Å². The van der Waals surface area contributed by atoms with Crippen LogP contribution < -0.4 is 0 Å². The molecule has 342 valence electrons. The molecule has 0 aliphatic heterocycles. The molecule has 0 fully saturated rings. The Morgan fingerprint density at radius 2 is 0.338 bits per heavy atom. The molecule has 0 heterocycles. The highest BCUT2D eigenvalue weighted by Crippen LogP contribution is 2.56. The Bertz CT molecular complexity index is 2550. The first-order valence-electron chi connectivity index (χ1n) is 19.9. The maximum Gasteiger partial charge on any atom is 0.269 e. The van der Waals surface area contributed by atoms with Gasteiger partial charge in [-0.3, -0.25) is 60.7 Å². The van der Waals surface area contributed by atoms with Gasteiger partial charge in [-0.1, -0.05) is 0 Å². The van der Waals surface area contributed by atoms with Gasteiger partial charge in [0.05, 0.1) is 29.5 Å². The zero-order valence-electron chi connectivity index (χ0n) is 36.3. The Balaban J connectivity index is 0.00000100. The van der Waals surface area contributed by atoms with E-state index in [1.54, 1.807) is 0 Å². The maximum atomic E-state index is 11.9. The molecule has 0 spiro atoms. The lowest BCUT2D eigenvalue weighted by Crippen LogP contribution is -2.03. The smallest absolute Gasteiger partial charge is 0.269 e. The minimum absolute atomic E-state index is 0.167. The predicted octanol–water partition coefficient (Wildman–Crippen LogP) is 12.3. The van der Waals surface area contributed by atoms with Crippen molar-refractivity contribution < 1.29 is 39.1 Å². The Hall–Kier alpha value is -9.72. The van der Waals surface area contributed by atoms with E-state index in [0.717, 1.165) is 0 Å². The average molecular weight is 921 g/mol. The van der Waals surface area contributed by atoms with Gasteiger partial charge in [0.25, 0.3) is 34.1 Å². The van der Waals surface area contributed by atoms with E-state index in [0.29, 0.717) is 66.8 Å². The van der Waals surface area contributed by atoms with Crippen LogP contribution in [0, 0.1) is 60.7 Å². The van der Waals surface area contributed by atoms with Crippen molar-refractivity contribution in [3.8, 4) is 66.8 Å². The number of carbonyl (C=O) groups is 2. The highest BCUT2D eigenvalue weighted by molar-refractivity contribution is 6.15. The molecular formula is C48H36N6O14. The van der Waals surface area contributed by atoms with Crippen LogP contribution in [0.1, 0.15) is 27.7 Å². The van der Waals surface area contributed by atoms with Crippen LogP contribution in [0.3, 0.4) is 0 Å². The van der Waals surface area contributed by atoms with Gasteiger partial charge < -0.3 is 9.59 Å². The van der Waals surface area contributed by atoms with Crippen LogP contribution in [0.5, 0.6) is 0 Å². The van der Waals surface area contributed by atoms with E-state index in [2.05, 4.69) is 0 Å². The maximum absolute atomic E-state index is 11.9. The third-order valence-electron chi connectivity index (χ3n) is 9.70. The van der Waals surface area contributed by atoms with E-state index in [-0.39, 0.29) is 45.7 Å². The van der Waals surface area contributed by atoms with Crippen molar-refractivity contribution >= 4 is 45.7 Å². The van der Waals surface area contributed by atoms with Gasteiger partial charge in [0.15, 0.2) is 0 Å². The predicted molar refractivity (Wildman–Crippen MR) is 252 cm³/mol. The Morgan fingerprint density at radius 3 is 0.412 bits per heavy atom. The largest absolute Gasteiger partial charge is 0.300 e. The standard InChI is InChI=1S/C42H24N6O12.2C3H6O/c49-43(50)31-13-1-25(2-14-31)37-38(26-3-15-32(16-4-26)44(51)52)40(28-7-19-34(20-8-28)46(55)56)42(30-11-23-36(24-12-30)48(59)60)41(29-9-21-35(22-10-29)47(57)58)39(37)27-5-17-33(18-6-27)45(53)54;2*1-3(2)4/h1-24H;2*1-2H3. The van der Waals surface area contributed by atoms with Crippen molar-refractivity contribution in [2.75, 3.05) is 0 Å². The van der Waals surface area contributed by atoms with E-state index < -0.39 is 29.5 Å². The number of carbonyl (C=O) groups excluding carboxylic acids is 2. The van der Waals surface area contributed by atoms with Gasteiger partial charge in [-0.15, -0.1) is 0 Å². The second-order valence-corrected chi connectivity index (χ2v) is 14.9. The van der Waals surface area contributed by atoms with Crippen molar-refractivity contribution in [1.29, 1.82) is 0 Å². The summed E-state index contributed by atoms with van der Waals surface area (Å²) in [7, 11) is 0. The van der Waals surface area contributed by atoms with E-state index in [4.69, 9.17) is 0 Å². The Kier molecular flexibility index (Phi) is 15.4. The van der Waals surface area contributed by atoms with Gasteiger partial charge in [-0.2, -0.15) is 0 Å². The number of non-ortho nitro benzene ring substituents is 6. The third kappa shape index (κ3) is 11.5. The van der Waals surface area contributed by atoms with Gasteiger partial charge in [-0.25, -0.2) is 0 Å². The van der Waals surface area contributed by atoms with Crippen molar-refractivity contribution in [3.63, 3.8) is 0 Å². The number of nitro benzene ring substituents is 6. The number of nitrogens with zero attached hydrogens (tertiary/aromatic N) is 6. The Morgan fingerprint density at radius 1 is 0.250 bits per heavy atom. The summed E-state index contributed by atoms with van der Waals surface area (Å²) in [5, 5.41) is 71.1. The number of rotatable bonds is 12. The van der Waals surface area contributed by atoms with Gasteiger partial charge in [0, 0.05) is 72.8 Å². The number of hydrogen-bond donors (Lipinski definition) is 0. The summed E-state index contributed by atoms with van der Waals surface area (Å²) >= 11 is 0. The van der Waals surface area contributed by atoms with Crippen LogP contribution in [0.4, 0.5) is 34.1 Å². The van der Waals surface area contributed by atoms with Crippen LogP contribution in [0.15, 0.2) is 146 Å². The summed E-state index contributed by atoms with van der Waals surface area (Å²) in [5.74, 6) is 0.333. The molecule has 0 saturated carbocycles. The molecule has 0 aliphatic carbocycles. The van der Waals surface area contributed by atoms with Gasteiger partial charge in [0.1, 0.15) is 11.6 Å². The molecular weight excluding hydrogens is 885 g/mol. The fourth-order valence-corrected chi connectivity index (χ4v) is 6.98. The monoisotopic (exact) mass is 920 g/mol. The molecule has 0 atom stereocenters. The molecule has 68 heavy (non-hydrogen) atoms. The van der Waals surface area contributed by atoms with E-state index in [9.17, 15) is 70.3 Å². The molecule has 0 N–H and O–H groups in total. The lowest BCUT2D eigenvalue weighted by atomic mass is 9.74. The second-order valence-electron chi connectivity index (χ2n) is 14.9. The zero-order valence-corrected chi connectivity index (χ0v) is 36.3. The van der Waals surface area contributed by atoms with Crippen LogP contribution >= 0.6 is 0 Å². The first-order valence-corrected chi connectivity index (χ1v) is 19.9. The van der Waals surface area contributed by atoms with Crippen molar-refractivity contribution in [3.05, 3.63) is 206 Å². The first-order chi connectivity index (χ1) is 32.2. The molecule has 0 amide bonds. The molecule has 0 radical (unpaired) electrons. The molecule has 0 saturated heterocycles. The van der Waals surface area contributed by atoms with Crippen molar-refractivity contribution in [1.82, 2.24) is 0 Å². The number of benzene rings is 7. The van der Waals surface area contributed by atoms with Crippen molar-refractivity contribution in [2.45, 2.75) is 27.7 Å². The van der Waals surface area contributed by atoms with Gasteiger partial charge >= 0.3 is 0 Å². The summed E-state index contributed by atoms with van der Waals surface area (Å²) in [6.07, 6.45) is 0. The SMILES string of the molecule is CC(C)=O.CC(C)=O.O=[N+]([O-])c1ccc(-c2c(-c3ccc([N+](=O)[O-])cc3)c(-c3ccc([N+](=O)[O-])cc3)c(-c3ccc([N+](=O)[O-])cc3)c(-c3ccc([N+](=O)[O-])cc3)c2-c2ccc([N+](=O)[O-])cc2)cc1. The summed E-state index contributed by atoms with van der Waals surface area (Å²) in [6.45, 7) is 6.11. The normalized spacial score (nSPS) is 10.3. The van der Waals surface area contributed by atoms with Crippen LogP contribution in [0.2, 0.25) is 0 Å². The minimum atomic E-state index is -0.597. The van der Waals surface area contributed by atoms with E-state index in [1.165, 1.54) is 173 Å². The topological polar surface area (TPSA) is 293 Å². The molecule has 0 bridgehead atoms. The fraction of sp³-hybridized carbons (Fsp3) is 0.0833. The lowest BCUT2D eigenvalue weighted by Gasteiger charge is -2.28. The number of Topliss-reactive ketones (excluding diaryl/α,β-unsaturated/α-hetero) is 2. The Labute approximate surface area is 384 Å². The first kappa shape index (κ1) is 49.3. The zero-order chi connectivity index (χ0) is 50.0. The van der Waals surface area contributed by atoms with Gasteiger partial charge in [0.2, 0.25) is 0 Å². The number of hydrogen-bond acceptors (Lipinski definition) is 14. The minimum Gasteiger partial charge on any atom is -0.300 e. The molecule has 0 unspecified atom stereocenters. The summed E-state index contributed by atoms with van der Waals surface area (Å²) in [6, 6.07) is 32.8. The molecule has 7 aromatic rings. The second kappa shape index (κ2) is 21.3. The quantitative estimate of drug-likeness (QED) is 0.0813. The molecule has 0 aromatic heterocycles. The fourth-order valence-electron chi connectivity index (χ4n) is 6.98. The van der Waals surface area contributed by atoms with Crippen LogP contribution in [-0.4, -0.2) is 41.1 Å². The highest BCUT2D eigenvalue weighted by Gasteiger charge is 2.31. The number of nitro groups is 6. The van der Waals surface area contributed by atoms with E-state index >= 15 is 0 Å². The molecule has 7 aromatic carbocycles. The third-order valence-corrected chi connectivity index (χ3v) is 9.70. The lowest BCUT2D eigenvalue weighted by molar-refractivity contribution is -0.385. The summed E-state index contributed by atoms with van der Waals surface area (Å²) < 4.78 is 0. The van der Waals surface area contributed by atoms with Gasteiger partial charge in [-0.05, 0) is 167 Å².